The molecule has 0 spiro atoms. The second kappa shape index (κ2) is 11.8. The van der Waals surface area contributed by atoms with Gasteiger partial charge in [0.25, 0.3) is 0 Å². The third-order valence-corrected chi connectivity index (χ3v) is 5.13. The van der Waals surface area contributed by atoms with Gasteiger partial charge in [0.05, 0.1) is 22.6 Å². The highest BCUT2D eigenvalue weighted by atomic mass is 19.4. The Balaban J connectivity index is 1.87. The summed E-state index contributed by atoms with van der Waals surface area (Å²) in [6.07, 6.45) is -6.64. The van der Waals surface area contributed by atoms with E-state index >= 15 is 0 Å². The predicted molar refractivity (Wildman–Crippen MR) is 117 cm³/mol. The molecule has 2 atom stereocenters. The summed E-state index contributed by atoms with van der Waals surface area (Å²) in [5.41, 5.74) is 5.28. The zero-order valence-electron chi connectivity index (χ0n) is 18.1. The molecule has 182 valence electrons. The molecule has 10 heteroatoms. The van der Waals surface area contributed by atoms with Crippen LogP contribution in [-0.4, -0.2) is 18.3 Å². The molecule has 4 N–H and O–H groups in total. The minimum absolute atomic E-state index is 0.0242. The first kappa shape index (κ1) is 26.3. The molecular formula is C23H27F6N3O. The Bertz CT molecular complexity index is 918. The number of alkyl halides is 5. The molecule has 0 aliphatic rings. The van der Waals surface area contributed by atoms with Crippen LogP contribution in [0.25, 0.3) is 0 Å². The fourth-order valence-corrected chi connectivity index (χ4v) is 3.12. The predicted octanol–water partition coefficient (Wildman–Crippen LogP) is 6.62. The summed E-state index contributed by atoms with van der Waals surface area (Å²) in [6, 6.07) is 7.20. The molecule has 2 rings (SSSR count). The number of hydrogen-bond donors (Lipinski definition) is 3. The number of hydrogen-bond acceptors (Lipinski definition) is 3. The molecule has 0 saturated carbocycles. The first-order valence-electron chi connectivity index (χ1n) is 10.6. The summed E-state index contributed by atoms with van der Waals surface area (Å²) in [5.74, 6) is -1.25. The second-order valence-corrected chi connectivity index (χ2v) is 7.67. The second-order valence-electron chi connectivity index (χ2n) is 7.67. The average molecular weight is 475 g/mol. The van der Waals surface area contributed by atoms with Crippen molar-refractivity contribution in [2.24, 2.45) is 0 Å². The number of anilines is 3. The zero-order valence-corrected chi connectivity index (χ0v) is 18.1. The number of nitrogens with one attached hydrogen (secondary N) is 2. The maximum Gasteiger partial charge on any atom is 0.416 e. The van der Waals surface area contributed by atoms with Crippen LogP contribution in [0.3, 0.4) is 0 Å². The van der Waals surface area contributed by atoms with Crippen LogP contribution >= 0.6 is 0 Å². The van der Waals surface area contributed by atoms with Crippen LogP contribution in [-0.2, 0) is 17.5 Å². The molecular weight excluding hydrogens is 448 g/mol. The van der Waals surface area contributed by atoms with E-state index in [1.165, 1.54) is 24.3 Å². The molecule has 2 aromatic carbocycles. The number of carbonyl (C=O) groups is 1. The lowest BCUT2D eigenvalue weighted by Crippen LogP contribution is -2.17. The summed E-state index contributed by atoms with van der Waals surface area (Å²) in [5, 5.41) is 5.25. The molecule has 1 unspecified atom stereocenters. The van der Waals surface area contributed by atoms with E-state index in [9.17, 15) is 31.1 Å². The maximum atomic E-state index is 14.6. The summed E-state index contributed by atoms with van der Waals surface area (Å²) < 4.78 is 79.1. The van der Waals surface area contributed by atoms with Crippen LogP contribution in [0, 0.1) is 5.82 Å². The minimum atomic E-state index is -4.44. The van der Waals surface area contributed by atoms with Crippen molar-refractivity contribution in [3.05, 3.63) is 53.3 Å². The normalized spacial score (nSPS) is 13.4. The number of benzene rings is 2. The van der Waals surface area contributed by atoms with Crippen molar-refractivity contribution < 1.29 is 31.1 Å². The lowest BCUT2D eigenvalue weighted by atomic mass is 10.1. The molecule has 0 aliphatic carbocycles. The Morgan fingerprint density at radius 3 is 2.24 bits per heavy atom. The molecule has 0 saturated heterocycles. The third-order valence-electron chi connectivity index (χ3n) is 5.13. The molecule has 2 aromatic rings. The lowest BCUT2D eigenvalue weighted by molar-refractivity contribution is -0.137. The van der Waals surface area contributed by atoms with Gasteiger partial charge in [0.15, 0.2) is 5.82 Å². The number of carbonyl (C=O) groups excluding carboxylic acids is 1. The molecule has 33 heavy (non-hydrogen) atoms. The van der Waals surface area contributed by atoms with E-state index in [0.29, 0.717) is 18.4 Å². The van der Waals surface area contributed by atoms with E-state index in [4.69, 9.17) is 5.73 Å². The fraction of sp³-hybridized carbons (Fsp3) is 0.435. The Morgan fingerprint density at radius 1 is 1.00 bits per heavy atom. The summed E-state index contributed by atoms with van der Waals surface area (Å²) in [4.78, 5) is 12.1. The van der Waals surface area contributed by atoms with E-state index < -0.39 is 35.8 Å². The average Bonchev–Trinajstić information content (AvgIpc) is 2.78. The monoisotopic (exact) mass is 475 g/mol. The zero-order chi connectivity index (χ0) is 24.6. The number of unbranched alkanes of at least 4 members (excludes halogenated alkanes) is 1. The van der Waals surface area contributed by atoms with Crippen molar-refractivity contribution in [3.63, 3.8) is 0 Å². The molecule has 1 amide bonds. The van der Waals surface area contributed by atoms with Crippen molar-refractivity contribution in [2.75, 3.05) is 16.4 Å². The van der Waals surface area contributed by atoms with Crippen LogP contribution in [0.5, 0.6) is 0 Å². The Labute approximate surface area is 188 Å². The van der Waals surface area contributed by atoms with E-state index in [1.807, 2.05) is 0 Å². The van der Waals surface area contributed by atoms with Crippen LogP contribution in [0.2, 0.25) is 0 Å². The quantitative estimate of drug-likeness (QED) is 0.194. The van der Waals surface area contributed by atoms with Gasteiger partial charge in [0.1, 0.15) is 12.3 Å². The third kappa shape index (κ3) is 7.87. The largest absolute Gasteiger partial charge is 0.416 e. The van der Waals surface area contributed by atoms with Gasteiger partial charge >= 0.3 is 6.18 Å². The van der Waals surface area contributed by atoms with Gasteiger partial charge in [-0.1, -0.05) is 19.1 Å². The van der Waals surface area contributed by atoms with Crippen molar-refractivity contribution >= 4 is 23.0 Å². The van der Waals surface area contributed by atoms with Gasteiger partial charge in [-0.2, -0.15) is 13.2 Å². The molecule has 4 nitrogen and oxygen atoms in total. The van der Waals surface area contributed by atoms with Crippen molar-refractivity contribution in [1.82, 2.24) is 0 Å². The van der Waals surface area contributed by atoms with Crippen molar-refractivity contribution in [3.8, 4) is 0 Å². The van der Waals surface area contributed by atoms with Crippen LogP contribution < -0.4 is 16.4 Å². The van der Waals surface area contributed by atoms with Crippen LogP contribution in [0.4, 0.5) is 43.4 Å². The SMILES string of the molecule is CCC(F)[C@H](F)CCCCC(=O)Nc1ccc(NCc2ccc(C(F)(F)F)cc2)c(F)c1N. The van der Waals surface area contributed by atoms with Gasteiger partial charge in [0.2, 0.25) is 5.91 Å². The van der Waals surface area contributed by atoms with E-state index in [2.05, 4.69) is 10.6 Å². The van der Waals surface area contributed by atoms with Gasteiger partial charge in [-0.15, -0.1) is 0 Å². The molecule has 0 heterocycles. The highest BCUT2D eigenvalue weighted by Gasteiger charge is 2.29. The lowest BCUT2D eigenvalue weighted by Gasteiger charge is -2.14. The maximum absolute atomic E-state index is 14.6. The summed E-state index contributed by atoms with van der Waals surface area (Å²) in [6.45, 7) is 1.62. The van der Waals surface area contributed by atoms with Gasteiger partial charge in [-0.25, -0.2) is 13.2 Å². The van der Waals surface area contributed by atoms with Crippen molar-refractivity contribution in [1.29, 1.82) is 0 Å². The fourth-order valence-electron chi connectivity index (χ4n) is 3.12. The highest BCUT2D eigenvalue weighted by molar-refractivity contribution is 5.94. The van der Waals surface area contributed by atoms with Gasteiger partial charge in [-0.05, 0) is 55.5 Å². The molecule has 0 aliphatic heterocycles. The molecule has 0 fully saturated rings. The minimum Gasteiger partial charge on any atom is -0.395 e. The number of amides is 1. The van der Waals surface area contributed by atoms with Crippen LogP contribution in [0.15, 0.2) is 36.4 Å². The Kier molecular flexibility index (Phi) is 9.43. The van der Waals surface area contributed by atoms with E-state index in [-0.39, 0.29) is 42.9 Å². The first-order valence-corrected chi connectivity index (χ1v) is 10.6. The molecule has 0 bridgehead atoms. The summed E-state index contributed by atoms with van der Waals surface area (Å²) in [7, 11) is 0. The van der Waals surface area contributed by atoms with Gasteiger partial charge in [-0.3, -0.25) is 4.79 Å². The van der Waals surface area contributed by atoms with Gasteiger partial charge in [0, 0.05) is 13.0 Å². The number of halogens is 6. The number of nitrogens with two attached hydrogens (primary N) is 1. The Morgan fingerprint density at radius 2 is 1.64 bits per heavy atom. The Hall–Kier alpha value is -2.91. The molecule has 0 aromatic heterocycles. The smallest absolute Gasteiger partial charge is 0.395 e. The van der Waals surface area contributed by atoms with E-state index in [0.717, 1.165) is 12.1 Å². The van der Waals surface area contributed by atoms with Crippen molar-refractivity contribution in [2.45, 2.75) is 64.1 Å². The van der Waals surface area contributed by atoms with Gasteiger partial charge < -0.3 is 16.4 Å². The number of nitrogen functional groups attached to an aromatic ring is 1. The standard InChI is InChI=1S/C23H27F6N3O/c1-2-16(24)17(25)5-3-4-6-20(33)32-19-12-11-18(21(26)22(19)30)31-13-14-7-9-15(10-8-14)23(27,28)29/h7-12,16-17,31H,2-6,13,30H2,1H3,(H,32,33)/t16?,17-/m1/s1. The summed E-state index contributed by atoms with van der Waals surface area (Å²) >= 11 is 0. The molecule has 0 radical (unpaired) electrons. The first-order chi connectivity index (χ1) is 15.5. The highest BCUT2D eigenvalue weighted by Crippen LogP contribution is 2.30. The topological polar surface area (TPSA) is 67.2 Å². The van der Waals surface area contributed by atoms with E-state index in [1.54, 1.807) is 6.92 Å². The van der Waals surface area contributed by atoms with Crippen LogP contribution in [0.1, 0.15) is 50.2 Å². The number of rotatable bonds is 11.